The van der Waals surface area contributed by atoms with E-state index in [2.05, 4.69) is 39.3 Å². The molecule has 11 heteroatoms. The fourth-order valence-electron chi connectivity index (χ4n) is 5.17. The molecule has 1 amide bonds. The van der Waals surface area contributed by atoms with Crippen molar-refractivity contribution in [3.05, 3.63) is 71.4 Å². The van der Waals surface area contributed by atoms with Gasteiger partial charge in [-0.05, 0) is 62.9 Å². The molecule has 0 aliphatic carbocycles. The summed E-state index contributed by atoms with van der Waals surface area (Å²) in [6.45, 7) is 8.57. The Kier molecular flexibility index (Phi) is 8.26. The van der Waals surface area contributed by atoms with Gasteiger partial charge in [0.05, 0.1) is 34.4 Å². The molecule has 3 N–H and O–H groups in total. The number of carbonyl (C=O) groups excluding carboxylic acids is 2. The number of amides is 1. The number of phenols is 1. The summed E-state index contributed by atoms with van der Waals surface area (Å²) >= 11 is 0. The number of nitrogens with zero attached hydrogens (tertiary/aromatic N) is 6. The Labute approximate surface area is 245 Å². The number of nitrogens with one attached hydrogen (secondary N) is 1. The monoisotopic (exact) mass is 571 g/mol. The number of pyridine rings is 1. The van der Waals surface area contributed by atoms with E-state index in [4.69, 9.17) is 4.98 Å². The summed E-state index contributed by atoms with van der Waals surface area (Å²) in [6.07, 6.45) is 2.09. The van der Waals surface area contributed by atoms with Crippen LogP contribution in [0.4, 0.5) is 17.5 Å². The van der Waals surface area contributed by atoms with Gasteiger partial charge >= 0.3 is 0 Å². The van der Waals surface area contributed by atoms with Gasteiger partial charge in [0.2, 0.25) is 5.95 Å². The Hall–Kier alpha value is -4.32. The number of likely N-dealkylation sites (N-methyl/N-ethyl adjacent to an activating group) is 1. The van der Waals surface area contributed by atoms with Gasteiger partial charge in [0.1, 0.15) is 11.6 Å². The van der Waals surface area contributed by atoms with E-state index in [1.807, 2.05) is 10.6 Å². The van der Waals surface area contributed by atoms with Crippen molar-refractivity contribution in [2.24, 2.45) is 0 Å². The zero-order chi connectivity index (χ0) is 30.0. The molecule has 220 valence electrons. The number of aromatic hydroxyl groups is 1. The molecular formula is C31H37N7O4. The van der Waals surface area contributed by atoms with Crippen molar-refractivity contribution >= 4 is 40.7 Å². The third-order valence-electron chi connectivity index (χ3n) is 7.48. The summed E-state index contributed by atoms with van der Waals surface area (Å²) in [7, 11) is 3.84. The third-order valence-corrected chi connectivity index (χ3v) is 7.48. The van der Waals surface area contributed by atoms with Crippen LogP contribution < -0.4 is 10.2 Å². The molecule has 0 spiro atoms. The second kappa shape index (κ2) is 11.9. The van der Waals surface area contributed by atoms with E-state index in [9.17, 15) is 19.8 Å². The first-order valence-corrected chi connectivity index (χ1v) is 13.9. The molecule has 42 heavy (non-hydrogen) atoms. The average Bonchev–Trinajstić information content (AvgIpc) is 3.28. The van der Waals surface area contributed by atoms with Gasteiger partial charge in [0.15, 0.2) is 6.29 Å². The Morgan fingerprint density at radius 3 is 2.60 bits per heavy atom. The molecule has 0 saturated carbocycles. The van der Waals surface area contributed by atoms with Crippen molar-refractivity contribution in [3.63, 3.8) is 0 Å². The van der Waals surface area contributed by atoms with E-state index < -0.39 is 11.5 Å². The number of rotatable bonds is 9. The number of phenolic OH excluding ortho intramolecular Hbond substituents is 1. The van der Waals surface area contributed by atoms with Gasteiger partial charge in [-0.3, -0.25) is 19.8 Å². The lowest BCUT2D eigenvalue weighted by molar-refractivity contribution is 0.0630. The molecule has 0 radical (unpaired) electrons. The van der Waals surface area contributed by atoms with Crippen LogP contribution in [0.3, 0.4) is 0 Å². The number of carbonyl (C=O) groups is 2. The van der Waals surface area contributed by atoms with Crippen LogP contribution >= 0.6 is 0 Å². The van der Waals surface area contributed by atoms with E-state index in [-0.39, 0.29) is 17.9 Å². The molecule has 2 aromatic heterocycles. The maximum Gasteiger partial charge on any atom is 0.258 e. The van der Waals surface area contributed by atoms with Crippen LogP contribution in [0, 0.1) is 0 Å². The first kappa shape index (κ1) is 29.2. The lowest BCUT2D eigenvalue weighted by Gasteiger charge is -2.32. The van der Waals surface area contributed by atoms with E-state index >= 15 is 0 Å². The summed E-state index contributed by atoms with van der Waals surface area (Å²) in [5.74, 6) is 0.205. The van der Waals surface area contributed by atoms with E-state index in [1.54, 1.807) is 50.1 Å². The van der Waals surface area contributed by atoms with E-state index in [0.29, 0.717) is 29.3 Å². The zero-order valence-electron chi connectivity index (χ0n) is 24.4. The van der Waals surface area contributed by atoms with Crippen LogP contribution in [0.2, 0.25) is 0 Å². The van der Waals surface area contributed by atoms with Crippen molar-refractivity contribution in [1.82, 2.24) is 24.3 Å². The maximum absolute atomic E-state index is 13.5. The quantitative estimate of drug-likeness (QED) is 0.259. The van der Waals surface area contributed by atoms with Crippen LogP contribution in [-0.4, -0.2) is 92.6 Å². The fourth-order valence-corrected chi connectivity index (χ4v) is 5.17. The highest BCUT2D eigenvalue weighted by Crippen LogP contribution is 2.31. The lowest BCUT2D eigenvalue weighted by atomic mass is 10.1. The van der Waals surface area contributed by atoms with Crippen molar-refractivity contribution in [1.29, 1.82) is 0 Å². The number of aliphatic hydroxyl groups is 1. The van der Waals surface area contributed by atoms with E-state index in [1.165, 1.54) is 12.3 Å². The van der Waals surface area contributed by atoms with Gasteiger partial charge < -0.3 is 24.6 Å². The second-order valence-corrected chi connectivity index (χ2v) is 11.5. The number of aldehydes is 1. The average molecular weight is 572 g/mol. The molecular weight excluding hydrogens is 534 g/mol. The van der Waals surface area contributed by atoms with Crippen LogP contribution in [0.25, 0.3) is 11.0 Å². The summed E-state index contributed by atoms with van der Waals surface area (Å²) < 4.78 is 1.85. The molecule has 2 aromatic carbocycles. The number of anilines is 3. The van der Waals surface area contributed by atoms with Crippen LogP contribution in [0.5, 0.6) is 5.75 Å². The fraction of sp³-hybridized carbons (Fsp3) is 0.355. The molecule has 0 atom stereocenters. The molecule has 11 nitrogen and oxygen atoms in total. The highest BCUT2D eigenvalue weighted by molar-refractivity contribution is 6.04. The van der Waals surface area contributed by atoms with Crippen LogP contribution in [-0.2, 0) is 13.1 Å². The summed E-state index contributed by atoms with van der Waals surface area (Å²) in [6, 6.07) is 14.1. The van der Waals surface area contributed by atoms with Crippen molar-refractivity contribution in [3.8, 4) is 5.75 Å². The molecule has 0 unspecified atom stereocenters. The van der Waals surface area contributed by atoms with Crippen molar-refractivity contribution < 1.29 is 19.8 Å². The largest absolute Gasteiger partial charge is 0.507 e. The van der Waals surface area contributed by atoms with Crippen LogP contribution in [0.15, 0.2) is 54.7 Å². The Morgan fingerprint density at radius 2 is 1.88 bits per heavy atom. The first-order chi connectivity index (χ1) is 20.0. The number of imidazole rings is 1. The van der Waals surface area contributed by atoms with Gasteiger partial charge in [-0.15, -0.1) is 0 Å². The minimum absolute atomic E-state index is 0.129. The van der Waals surface area contributed by atoms with Gasteiger partial charge in [-0.1, -0.05) is 12.1 Å². The number of piperazine rings is 1. The number of hydrogen-bond acceptors (Lipinski definition) is 9. The minimum Gasteiger partial charge on any atom is -0.507 e. The van der Waals surface area contributed by atoms with Gasteiger partial charge in [-0.2, -0.15) is 0 Å². The number of aromatic nitrogens is 3. The van der Waals surface area contributed by atoms with Crippen molar-refractivity contribution in [2.75, 3.05) is 50.5 Å². The Bertz CT molecular complexity index is 1600. The maximum atomic E-state index is 13.5. The normalized spacial score (nSPS) is 14.7. The molecule has 5 rings (SSSR count). The Balaban J connectivity index is 1.42. The van der Waals surface area contributed by atoms with E-state index in [0.717, 1.165) is 49.3 Å². The highest BCUT2D eigenvalue weighted by atomic mass is 16.3. The van der Waals surface area contributed by atoms with Crippen molar-refractivity contribution in [2.45, 2.75) is 32.5 Å². The van der Waals surface area contributed by atoms with Gasteiger partial charge in [0, 0.05) is 51.5 Å². The second-order valence-electron chi connectivity index (χ2n) is 11.5. The minimum atomic E-state index is -1.05. The smallest absolute Gasteiger partial charge is 0.258 e. The van der Waals surface area contributed by atoms with Crippen LogP contribution in [0.1, 0.15) is 40.1 Å². The molecule has 1 saturated heterocycles. The first-order valence-electron chi connectivity index (χ1n) is 13.9. The number of hydrogen-bond donors (Lipinski definition) is 3. The summed E-state index contributed by atoms with van der Waals surface area (Å²) in [4.78, 5) is 40.5. The Morgan fingerprint density at radius 1 is 1.12 bits per heavy atom. The molecule has 3 heterocycles. The number of fused-ring (bicyclic) bond motifs is 1. The lowest BCUT2D eigenvalue weighted by Crippen LogP contribution is -2.43. The highest BCUT2D eigenvalue weighted by Gasteiger charge is 2.22. The predicted octanol–water partition coefficient (Wildman–Crippen LogP) is 3.49. The SMILES string of the molecule is CN1CCN(Cc2ccc3nc(NC(=O)c4ccnc(N(C)c5cccc(O)c5C=O)c4)n(CC(C)(C)O)c3c2)CC1. The number of benzene rings is 2. The summed E-state index contributed by atoms with van der Waals surface area (Å²) in [5, 5.41) is 23.7. The third kappa shape index (κ3) is 6.43. The molecule has 1 aliphatic heterocycles. The predicted molar refractivity (Wildman–Crippen MR) is 163 cm³/mol. The van der Waals surface area contributed by atoms with Gasteiger partial charge in [0.25, 0.3) is 5.91 Å². The summed E-state index contributed by atoms with van der Waals surface area (Å²) in [5.41, 5.74) is 2.56. The molecule has 4 aromatic rings. The van der Waals surface area contributed by atoms with Gasteiger partial charge in [-0.25, -0.2) is 9.97 Å². The zero-order valence-corrected chi connectivity index (χ0v) is 24.4. The molecule has 1 aliphatic rings. The standard InChI is InChI=1S/C31H37N7O4/c1-31(2,42)20-38-26-16-21(18-37-14-12-35(3)13-15-37)8-9-24(26)33-30(38)34-29(41)22-10-11-32-28(17-22)36(4)25-6-5-7-27(40)23(25)19-39/h5-11,16-17,19,40,42H,12-15,18,20H2,1-4H3,(H,33,34,41). The molecule has 1 fully saturated rings. The molecule has 0 bridgehead atoms. The topological polar surface area (TPSA) is 127 Å².